The number of ether oxygens (including phenoxy) is 1. The van der Waals surface area contributed by atoms with Gasteiger partial charge in [0.15, 0.2) is 0 Å². The van der Waals surface area contributed by atoms with Gasteiger partial charge in [-0.25, -0.2) is 0 Å². The summed E-state index contributed by atoms with van der Waals surface area (Å²) in [6, 6.07) is 0.974. The number of methoxy groups -OCH3 is 1. The van der Waals surface area contributed by atoms with Gasteiger partial charge in [-0.15, -0.1) is 0 Å². The van der Waals surface area contributed by atoms with E-state index in [0.29, 0.717) is 25.2 Å². The molecular weight excluding hydrogens is 216 g/mol. The van der Waals surface area contributed by atoms with Crippen LogP contribution in [0.5, 0.6) is 0 Å². The summed E-state index contributed by atoms with van der Waals surface area (Å²) < 4.78 is 4.95. The zero-order chi connectivity index (χ0) is 12.3. The van der Waals surface area contributed by atoms with E-state index in [-0.39, 0.29) is 5.91 Å². The molecule has 0 aromatic carbocycles. The highest BCUT2D eigenvalue weighted by molar-refractivity contribution is 5.79. The van der Waals surface area contributed by atoms with Gasteiger partial charge in [0.2, 0.25) is 5.91 Å². The predicted molar refractivity (Wildman–Crippen MR) is 66.8 cm³/mol. The van der Waals surface area contributed by atoms with Crippen LogP contribution in [0.2, 0.25) is 0 Å². The Hall–Kier alpha value is -0.610. The van der Waals surface area contributed by atoms with Crippen molar-refractivity contribution in [2.45, 2.75) is 44.7 Å². The van der Waals surface area contributed by atoms with Crippen molar-refractivity contribution in [2.75, 3.05) is 26.8 Å². The number of nitrogens with zero attached hydrogens (tertiary/aromatic N) is 1. The van der Waals surface area contributed by atoms with E-state index in [1.54, 1.807) is 7.11 Å². The molecule has 2 saturated carbocycles. The summed E-state index contributed by atoms with van der Waals surface area (Å²) in [5.74, 6) is 1.03. The SMILES string of the molecule is COCCNCC(=O)N(C1CC1)C(C)C1CC1. The Morgan fingerprint density at radius 1 is 1.41 bits per heavy atom. The van der Waals surface area contributed by atoms with Gasteiger partial charge in [-0.3, -0.25) is 4.79 Å². The molecule has 2 aliphatic rings. The monoisotopic (exact) mass is 240 g/mol. The lowest BCUT2D eigenvalue weighted by molar-refractivity contribution is -0.133. The van der Waals surface area contributed by atoms with Crippen LogP contribution >= 0.6 is 0 Å². The Morgan fingerprint density at radius 3 is 2.65 bits per heavy atom. The highest BCUT2D eigenvalue weighted by atomic mass is 16.5. The molecule has 0 aromatic rings. The molecule has 0 spiro atoms. The molecule has 98 valence electrons. The normalized spacial score (nSPS) is 21.3. The largest absolute Gasteiger partial charge is 0.383 e. The van der Waals surface area contributed by atoms with Crippen LogP contribution in [-0.2, 0) is 9.53 Å². The second-order valence-corrected chi connectivity index (χ2v) is 5.28. The molecular formula is C13H24N2O2. The Bertz CT molecular complexity index is 262. The van der Waals surface area contributed by atoms with Crippen LogP contribution in [-0.4, -0.2) is 49.7 Å². The van der Waals surface area contributed by atoms with E-state index in [2.05, 4.69) is 17.1 Å². The zero-order valence-electron chi connectivity index (χ0n) is 10.9. The lowest BCUT2D eigenvalue weighted by atomic mass is 10.1. The summed E-state index contributed by atoms with van der Waals surface area (Å²) in [7, 11) is 1.68. The van der Waals surface area contributed by atoms with Crippen LogP contribution in [0.25, 0.3) is 0 Å². The highest BCUT2D eigenvalue weighted by Gasteiger charge is 2.41. The van der Waals surface area contributed by atoms with Crippen LogP contribution < -0.4 is 5.32 Å². The van der Waals surface area contributed by atoms with Gasteiger partial charge >= 0.3 is 0 Å². The van der Waals surface area contributed by atoms with Gasteiger partial charge in [0.1, 0.15) is 0 Å². The van der Waals surface area contributed by atoms with Crippen molar-refractivity contribution >= 4 is 5.91 Å². The average Bonchev–Trinajstić information content (AvgIpc) is 3.17. The molecule has 2 aliphatic carbocycles. The first-order chi connectivity index (χ1) is 8.24. The standard InChI is InChI=1S/C13H24N2O2/c1-10(11-3-4-11)15(12-5-6-12)13(16)9-14-7-8-17-2/h10-12,14H,3-9H2,1-2H3. The maximum atomic E-state index is 12.2. The molecule has 17 heavy (non-hydrogen) atoms. The van der Waals surface area contributed by atoms with Gasteiger partial charge in [0, 0.05) is 25.7 Å². The Morgan fingerprint density at radius 2 is 2.12 bits per heavy atom. The van der Waals surface area contributed by atoms with Crippen LogP contribution in [0.3, 0.4) is 0 Å². The number of nitrogens with one attached hydrogen (secondary N) is 1. The van der Waals surface area contributed by atoms with Gasteiger partial charge < -0.3 is 15.0 Å². The predicted octanol–water partition coefficient (Wildman–Crippen LogP) is 1.01. The lowest BCUT2D eigenvalue weighted by Crippen LogP contribution is -2.46. The molecule has 2 rings (SSSR count). The molecule has 4 nitrogen and oxygen atoms in total. The molecule has 0 aromatic heterocycles. The van der Waals surface area contributed by atoms with E-state index < -0.39 is 0 Å². The molecule has 0 radical (unpaired) electrons. The van der Waals surface area contributed by atoms with Crippen molar-refractivity contribution in [3.8, 4) is 0 Å². The molecule has 0 bridgehead atoms. The maximum Gasteiger partial charge on any atom is 0.237 e. The average molecular weight is 240 g/mol. The van der Waals surface area contributed by atoms with E-state index in [1.807, 2.05) is 0 Å². The first-order valence-electron chi connectivity index (χ1n) is 6.75. The minimum Gasteiger partial charge on any atom is -0.383 e. The van der Waals surface area contributed by atoms with Crippen LogP contribution in [0, 0.1) is 5.92 Å². The fourth-order valence-electron chi connectivity index (χ4n) is 2.38. The number of hydrogen-bond acceptors (Lipinski definition) is 3. The van der Waals surface area contributed by atoms with Crippen molar-refractivity contribution in [2.24, 2.45) is 5.92 Å². The molecule has 0 heterocycles. The summed E-state index contributed by atoms with van der Waals surface area (Å²) >= 11 is 0. The number of carbonyl (C=O) groups excluding carboxylic acids is 1. The topological polar surface area (TPSA) is 41.6 Å². The fraction of sp³-hybridized carbons (Fsp3) is 0.923. The van der Waals surface area contributed by atoms with Gasteiger partial charge in [-0.05, 0) is 38.5 Å². The molecule has 2 fully saturated rings. The summed E-state index contributed by atoms with van der Waals surface area (Å²) in [5, 5.41) is 3.15. The van der Waals surface area contributed by atoms with Crippen molar-refractivity contribution in [1.29, 1.82) is 0 Å². The molecule has 1 amide bonds. The zero-order valence-corrected chi connectivity index (χ0v) is 10.9. The van der Waals surface area contributed by atoms with E-state index in [4.69, 9.17) is 4.74 Å². The third-order valence-corrected chi connectivity index (χ3v) is 3.73. The second kappa shape index (κ2) is 5.83. The van der Waals surface area contributed by atoms with Gasteiger partial charge in [-0.2, -0.15) is 0 Å². The summed E-state index contributed by atoms with van der Waals surface area (Å²) in [5.41, 5.74) is 0. The highest BCUT2D eigenvalue weighted by Crippen LogP contribution is 2.39. The van der Waals surface area contributed by atoms with Crippen molar-refractivity contribution in [3.63, 3.8) is 0 Å². The number of hydrogen-bond donors (Lipinski definition) is 1. The Kier molecular flexibility index (Phi) is 4.40. The minimum absolute atomic E-state index is 0.267. The first-order valence-corrected chi connectivity index (χ1v) is 6.75. The van der Waals surface area contributed by atoms with Gasteiger partial charge in [0.25, 0.3) is 0 Å². The molecule has 4 heteroatoms. The summed E-state index contributed by atoms with van der Waals surface area (Å²) in [6.07, 6.45) is 4.99. The third kappa shape index (κ3) is 3.68. The van der Waals surface area contributed by atoms with E-state index in [9.17, 15) is 4.79 Å². The fourth-order valence-corrected chi connectivity index (χ4v) is 2.38. The van der Waals surface area contributed by atoms with Crippen molar-refractivity contribution in [1.82, 2.24) is 10.2 Å². The van der Waals surface area contributed by atoms with Crippen LogP contribution in [0.1, 0.15) is 32.6 Å². The van der Waals surface area contributed by atoms with E-state index in [0.717, 1.165) is 12.5 Å². The third-order valence-electron chi connectivity index (χ3n) is 3.73. The summed E-state index contributed by atoms with van der Waals surface area (Å²) in [4.78, 5) is 14.3. The first kappa shape index (κ1) is 12.8. The lowest BCUT2D eigenvalue weighted by Gasteiger charge is -2.29. The molecule has 0 aliphatic heterocycles. The van der Waals surface area contributed by atoms with Gasteiger partial charge in [0.05, 0.1) is 13.2 Å². The quantitative estimate of drug-likeness (QED) is 0.644. The Balaban J connectivity index is 1.76. The number of rotatable bonds is 8. The molecule has 0 saturated heterocycles. The van der Waals surface area contributed by atoms with Crippen molar-refractivity contribution < 1.29 is 9.53 Å². The number of amides is 1. The second-order valence-electron chi connectivity index (χ2n) is 5.28. The summed E-state index contributed by atoms with van der Waals surface area (Å²) in [6.45, 7) is 4.08. The van der Waals surface area contributed by atoms with E-state index >= 15 is 0 Å². The molecule has 1 unspecified atom stereocenters. The van der Waals surface area contributed by atoms with Crippen molar-refractivity contribution in [3.05, 3.63) is 0 Å². The minimum atomic E-state index is 0.267. The van der Waals surface area contributed by atoms with Crippen LogP contribution in [0.15, 0.2) is 0 Å². The smallest absolute Gasteiger partial charge is 0.237 e. The number of carbonyl (C=O) groups is 1. The van der Waals surface area contributed by atoms with Crippen LogP contribution in [0.4, 0.5) is 0 Å². The van der Waals surface area contributed by atoms with E-state index in [1.165, 1.54) is 25.7 Å². The Labute approximate surface area is 104 Å². The molecule has 1 atom stereocenters. The maximum absolute atomic E-state index is 12.2. The van der Waals surface area contributed by atoms with Gasteiger partial charge in [-0.1, -0.05) is 0 Å². The molecule has 1 N–H and O–H groups in total.